The quantitative estimate of drug-likeness (QED) is 0.854. The molecule has 2 aliphatic rings. The number of hydrogen-bond acceptors (Lipinski definition) is 2. The van der Waals surface area contributed by atoms with Crippen LogP contribution in [0.1, 0.15) is 5.56 Å². The molecule has 120 valence electrons. The van der Waals surface area contributed by atoms with Gasteiger partial charge in [-0.15, -0.1) is 0 Å². The van der Waals surface area contributed by atoms with Crippen LogP contribution in [0.5, 0.6) is 0 Å². The van der Waals surface area contributed by atoms with Crippen LogP contribution in [-0.4, -0.2) is 26.8 Å². The van der Waals surface area contributed by atoms with Gasteiger partial charge in [0.1, 0.15) is 0 Å². The highest BCUT2D eigenvalue weighted by Crippen LogP contribution is 2.29. The van der Waals surface area contributed by atoms with Gasteiger partial charge in [-0.25, -0.2) is 4.21 Å². The zero-order chi connectivity index (χ0) is 16.7. The molecule has 2 atom stereocenters. The molecule has 0 saturated heterocycles. The van der Waals surface area contributed by atoms with Crippen LogP contribution in [0, 0.1) is 0 Å². The van der Waals surface area contributed by atoms with E-state index in [1.807, 2.05) is 37.4 Å². The molecule has 0 spiro atoms. The SMILES string of the molecule is CN1C(c2ccccc2S(=O)O)=c2ccccc2=C2C=CC=CC21. The van der Waals surface area contributed by atoms with Gasteiger partial charge in [-0.05, 0) is 16.9 Å². The fourth-order valence-electron chi connectivity index (χ4n) is 3.54. The minimum Gasteiger partial charge on any atom is -0.363 e. The van der Waals surface area contributed by atoms with Crippen molar-refractivity contribution in [3.05, 3.63) is 88.8 Å². The molecule has 0 amide bonds. The van der Waals surface area contributed by atoms with Crippen molar-refractivity contribution in [1.29, 1.82) is 0 Å². The number of likely N-dealkylation sites (N-methyl/N-ethyl adjacent to an activating group) is 1. The fraction of sp³-hybridized carbons (Fsp3) is 0.100. The van der Waals surface area contributed by atoms with E-state index < -0.39 is 11.1 Å². The predicted molar refractivity (Wildman–Crippen MR) is 96.9 cm³/mol. The molecule has 0 saturated carbocycles. The van der Waals surface area contributed by atoms with Gasteiger partial charge in [0.05, 0.1) is 16.6 Å². The Hall–Kier alpha value is -2.43. The summed E-state index contributed by atoms with van der Waals surface area (Å²) >= 11 is -2.03. The first kappa shape index (κ1) is 15.1. The lowest BCUT2D eigenvalue weighted by atomic mass is 9.91. The number of benzene rings is 2. The average Bonchev–Trinajstić information content (AvgIpc) is 2.62. The normalized spacial score (nSPS) is 19.9. The van der Waals surface area contributed by atoms with E-state index in [-0.39, 0.29) is 6.04 Å². The fourth-order valence-corrected chi connectivity index (χ4v) is 4.09. The van der Waals surface area contributed by atoms with Gasteiger partial charge in [0.15, 0.2) is 11.1 Å². The molecular formula is C20H17NO2S. The zero-order valence-electron chi connectivity index (χ0n) is 13.2. The van der Waals surface area contributed by atoms with Crippen LogP contribution in [0.3, 0.4) is 0 Å². The maximum Gasteiger partial charge on any atom is 0.187 e. The van der Waals surface area contributed by atoms with Crippen molar-refractivity contribution >= 4 is 22.4 Å². The summed E-state index contributed by atoms with van der Waals surface area (Å²) in [7, 11) is 2.04. The molecule has 24 heavy (non-hydrogen) atoms. The summed E-state index contributed by atoms with van der Waals surface area (Å²) in [6.07, 6.45) is 8.40. The van der Waals surface area contributed by atoms with Crippen LogP contribution in [-0.2, 0) is 11.1 Å². The standard InChI is InChI=1S/C20H17NO2S/c1-21-18-12-6-4-9-15(18)14-8-2-3-10-16(14)20(21)17-11-5-7-13-19(17)24(22)23/h2-13,18H,1H3,(H,22,23). The minimum absolute atomic E-state index is 0.125. The summed E-state index contributed by atoms with van der Waals surface area (Å²) in [6, 6.07) is 15.7. The Morgan fingerprint density at radius 1 is 1.00 bits per heavy atom. The first-order valence-electron chi connectivity index (χ1n) is 7.80. The van der Waals surface area contributed by atoms with Gasteiger partial charge in [-0.2, -0.15) is 0 Å². The molecule has 4 heteroatoms. The van der Waals surface area contributed by atoms with Gasteiger partial charge in [-0.1, -0.05) is 66.8 Å². The third kappa shape index (κ3) is 2.27. The highest BCUT2D eigenvalue weighted by atomic mass is 32.2. The van der Waals surface area contributed by atoms with Gasteiger partial charge < -0.3 is 9.45 Å². The molecule has 2 aromatic carbocycles. The molecule has 1 heterocycles. The summed E-state index contributed by atoms with van der Waals surface area (Å²) in [4.78, 5) is 2.62. The highest BCUT2D eigenvalue weighted by molar-refractivity contribution is 7.79. The lowest BCUT2D eigenvalue weighted by molar-refractivity contribution is 0.460. The van der Waals surface area contributed by atoms with Gasteiger partial charge in [0, 0.05) is 17.8 Å². The van der Waals surface area contributed by atoms with E-state index in [9.17, 15) is 8.76 Å². The summed E-state index contributed by atoms with van der Waals surface area (Å²) < 4.78 is 21.5. The van der Waals surface area contributed by atoms with Crippen LogP contribution in [0.25, 0.3) is 11.3 Å². The van der Waals surface area contributed by atoms with Crippen molar-refractivity contribution in [3.63, 3.8) is 0 Å². The Morgan fingerprint density at radius 2 is 1.71 bits per heavy atom. The number of allylic oxidation sites excluding steroid dienone is 2. The van der Waals surface area contributed by atoms with E-state index in [1.165, 1.54) is 10.8 Å². The maximum absolute atomic E-state index is 11.8. The van der Waals surface area contributed by atoms with Gasteiger partial charge >= 0.3 is 0 Å². The smallest absolute Gasteiger partial charge is 0.187 e. The van der Waals surface area contributed by atoms with Crippen molar-refractivity contribution in [2.24, 2.45) is 0 Å². The van der Waals surface area contributed by atoms with E-state index in [1.54, 1.807) is 12.1 Å². The summed E-state index contributed by atoms with van der Waals surface area (Å²) in [5.41, 5.74) is 3.04. The first-order valence-corrected chi connectivity index (χ1v) is 8.90. The first-order chi connectivity index (χ1) is 11.7. The molecule has 2 aromatic rings. The van der Waals surface area contributed by atoms with Crippen molar-refractivity contribution < 1.29 is 8.76 Å². The van der Waals surface area contributed by atoms with Gasteiger partial charge in [0.25, 0.3) is 0 Å². The average molecular weight is 335 g/mol. The Kier molecular flexibility index (Phi) is 3.71. The molecule has 0 aromatic heterocycles. The summed E-state index contributed by atoms with van der Waals surface area (Å²) in [5.74, 6) is 0. The second-order valence-electron chi connectivity index (χ2n) is 5.89. The summed E-state index contributed by atoms with van der Waals surface area (Å²) in [6.45, 7) is 0. The molecule has 0 radical (unpaired) electrons. The minimum atomic E-state index is -2.03. The monoisotopic (exact) mass is 335 g/mol. The molecule has 1 aliphatic carbocycles. The van der Waals surface area contributed by atoms with Crippen molar-refractivity contribution in [2.75, 3.05) is 7.05 Å². The van der Waals surface area contributed by atoms with E-state index in [2.05, 4.69) is 35.3 Å². The van der Waals surface area contributed by atoms with Gasteiger partial charge in [0.2, 0.25) is 0 Å². The molecule has 4 rings (SSSR count). The Labute approximate surface area is 143 Å². The highest BCUT2D eigenvalue weighted by Gasteiger charge is 2.27. The topological polar surface area (TPSA) is 40.5 Å². The molecule has 2 unspecified atom stereocenters. The maximum atomic E-state index is 11.8. The lowest BCUT2D eigenvalue weighted by Crippen LogP contribution is -2.46. The van der Waals surface area contributed by atoms with Crippen molar-refractivity contribution in [2.45, 2.75) is 10.9 Å². The second-order valence-corrected chi connectivity index (χ2v) is 6.83. The van der Waals surface area contributed by atoms with Crippen LogP contribution in [0.4, 0.5) is 0 Å². The molecule has 1 aliphatic heterocycles. The Morgan fingerprint density at radius 3 is 2.50 bits per heavy atom. The van der Waals surface area contributed by atoms with Crippen molar-refractivity contribution in [3.8, 4) is 0 Å². The van der Waals surface area contributed by atoms with E-state index in [0.29, 0.717) is 4.90 Å². The van der Waals surface area contributed by atoms with Crippen LogP contribution < -0.4 is 10.4 Å². The van der Waals surface area contributed by atoms with E-state index >= 15 is 0 Å². The number of rotatable bonds is 2. The number of nitrogens with zero attached hydrogens (tertiary/aromatic N) is 1. The third-order valence-electron chi connectivity index (χ3n) is 4.59. The van der Waals surface area contributed by atoms with Gasteiger partial charge in [-0.3, -0.25) is 0 Å². The number of hydrogen-bond donors (Lipinski definition) is 1. The van der Waals surface area contributed by atoms with E-state index in [4.69, 9.17) is 0 Å². The Bertz CT molecular complexity index is 1020. The van der Waals surface area contributed by atoms with E-state index in [0.717, 1.165) is 16.5 Å². The lowest BCUT2D eigenvalue weighted by Gasteiger charge is -2.36. The largest absolute Gasteiger partial charge is 0.363 e. The summed E-state index contributed by atoms with van der Waals surface area (Å²) in [5, 5.41) is 2.26. The molecule has 1 N–H and O–H groups in total. The predicted octanol–water partition coefficient (Wildman–Crippen LogP) is 2.01. The number of fused-ring (bicyclic) bond motifs is 2. The third-order valence-corrected chi connectivity index (χ3v) is 5.32. The van der Waals surface area contributed by atoms with Crippen LogP contribution >= 0.6 is 0 Å². The molecule has 0 fully saturated rings. The zero-order valence-corrected chi connectivity index (χ0v) is 14.0. The second kappa shape index (κ2) is 5.89. The van der Waals surface area contributed by atoms with Crippen molar-refractivity contribution in [1.82, 2.24) is 4.90 Å². The molecular weight excluding hydrogens is 318 g/mol. The Balaban J connectivity index is 2.15. The van der Waals surface area contributed by atoms with Crippen LogP contribution in [0.2, 0.25) is 0 Å². The van der Waals surface area contributed by atoms with Crippen LogP contribution in [0.15, 0.2) is 77.7 Å². The molecule has 0 bridgehead atoms. The molecule has 3 nitrogen and oxygen atoms in total.